The van der Waals surface area contributed by atoms with Crippen LogP contribution in [-0.2, 0) is 16.2 Å². The van der Waals surface area contributed by atoms with Crippen LogP contribution in [0.5, 0.6) is 0 Å². The van der Waals surface area contributed by atoms with Gasteiger partial charge in [0.05, 0.1) is 6.54 Å². The van der Waals surface area contributed by atoms with Crippen LogP contribution in [0.25, 0.3) is 10.4 Å². The van der Waals surface area contributed by atoms with Crippen LogP contribution < -0.4 is 0 Å². The lowest BCUT2D eigenvalue weighted by molar-refractivity contribution is -0.143. The van der Waals surface area contributed by atoms with Crippen LogP contribution in [0.3, 0.4) is 0 Å². The molecule has 30 heavy (non-hydrogen) atoms. The van der Waals surface area contributed by atoms with Gasteiger partial charge in [0.2, 0.25) is 0 Å². The fourth-order valence-corrected chi connectivity index (χ4v) is 5.58. The van der Waals surface area contributed by atoms with Crippen LogP contribution >= 0.6 is 11.3 Å². The largest absolute Gasteiger partial charge is 0.479 e. The van der Waals surface area contributed by atoms with Crippen molar-refractivity contribution in [1.29, 1.82) is 0 Å². The third-order valence-electron chi connectivity index (χ3n) is 5.65. The number of carbonyl (C=O) groups excluding carboxylic acids is 1. The van der Waals surface area contributed by atoms with Crippen molar-refractivity contribution in [2.24, 2.45) is 0 Å². The van der Waals surface area contributed by atoms with Crippen molar-refractivity contribution in [2.45, 2.75) is 25.6 Å². The minimum Gasteiger partial charge on any atom is -0.479 e. The van der Waals surface area contributed by atoms with Crippen molar-refractivity contribution < 1.29 is 19.5 Å². The lowest BCUT2D eigenvalue weighted by atomic mass is 9.98. The van der Waals surface area contributed by atoms with E-state index in [1.54, 1.807) is 0 Å². The SMILES string of the molecule is Cc1ccccc1-c1cc2c(s1)[C@@H](C(=O)O)N1C[C@H]2N(OCc2ccccc2)C1=O. The topological polar surface area (TPSA) is 70.1 Å². The predicted molar refractivity (Wildman–Crippen MR) is 113 cm³/mol. The Morgan fingerprint density at radius 2 is 1.90 bits per heavy atom. The van der Waals surface area contributed by atoms with Crippen molar-refractivity contribution in [3.63, 3.8) is 0 Å². The summed E-state index contributed by atoms with van der Waals surface area (Å²) in [5, 5.41) is 11.3. The summed E-state index contributed by atoms with van der Waals surface area (Å²) >= 11 is 1.45. The summed E-state index contributed by atoms with van der Waals surface area (Å²) in [6, 6.07) is 18.0. The molecule has 1 N–H and O–H groups in total. The first-order valence-corrected chi connectivity index (χ1v) is 10.6. The second-order valence-corrected chi connectivity index (χ2v) is 8.61. The molecule has 5 rings (SSSR count). The van der Waals surface area contributed by atoms with E-state index in [9.17, 15) is 14.7 Å². The van der Waals surface area contributed by atoms with Gasteiger partial charge in [-0.3, -0.25) is 4.84 Å². The van der Waals surface area contributed by atoms with E-state index < -0.39 is 18.0 Å². The molecule has 2 amide bonds. The summed E-state index contributed by atoms with van der Waals surface area (Å²) in [5.74, 6) is -1.02. The van der Waals surface area contributed by atoms with Crippen molar-refractivity contribution >= 4 is 23.3 Å². The molecule has 7 heteroatoms. The van der Waals surface area contributed by atoms with Crippen molar-refractivity contribution in [2.75, 3.05) is 6.54 Å². The maximum absolute atomic E-state index is 13.0. The summed E-state index contributed by atoms with van der Waals surface area (Å²) in [6.07, 6.45) is 0. The van der Waals surface area contributed by atoms with Crippen molar-refractivity contribution in [3.05, 3.63) is 82.2 Å². The van der Waals surface area contributed by atoms with Crippen LogP contribution in [0.15, 0.2) is 60.7 Å². The highest BCUT2D eigenvalue weighted by Gasteiger charge is 2.52. The maximum atomic E-state index is 13.0. The summed E-state index contributed by atoms with van der Waals surface area (Å²) in [6.45, 7) is 2.59. The molecule has 6 nitrogen and oxygen atoms in total. The monoisotopic (exact) mass is 420 g/mol. The molecule has 3 aromatic rings. The van der Waals surface area contributed by atoms with Gasteiger partial charge in [0.15, 0.2) is 6.04 Å². The molecule has 1 aromatic heterocycles. The summed E-state index contributed by atoms with van der Waals surface area (Å²) in [7, 11) is 0. The fraction of sp³-hybridized carbons (Fsp3) is 0.217. The third-order valence-corrected chi connectivity index (χ3v) is 6.89. The Morgan fingerprint density at radius 3 is 2.63 bits per heavy atom. The van der Waals surface area contributed by atoms with Crippen LogP contribution in [0, 0.1) is 6.92 Å². The molecule has 152 valence electrons. The zero-order valence-corrected chi connectivity index (χ0v) is 17.1. The van der Waals surface area contributed by atoms with Crippen LogP contribution in [0.1, 0.15) is 33.7 Å². The van der Waals surface area contributed by atoms with Crippen LogP contribution in [0.2, 0.25) is 0 Å². The van der Waals surface area contributed by atoms with Gasteiger partial charge < -0.3 is 10.0 Å². The molecule has 2 aliphatic heterocycles. The smallest absolute Gasteiger partial charge is 0.345 e. The summed E-state index contributed by atoms with van der Waals surface area (Å²) in [4.78, 5) is 34.1. The number of nitrogens with zero attached hydrogens (tertiary/aromatic N) is 2. The highest BCUT2D eigenvalue weighted by Crippen LogP contribution is 2.49. The second-order valence-electron chi connectivity index (χ2n) is 7.52. The molecule has 0 radical (unpaired) electrons. The number of aryl methyl sites for hydroxylation is 1. The molecule has 0 spiro atoms. The summed E-state index contributed by atoms with van der Waals surface area (Å²) < 4.78 is 0. The van der Waals surface area contributed by atoms with E-state index >= 15 is 0 Å². The number of rotatable bonds is 5. The first-order chi connectivity index (χ1) is 14.5. The van der Waals surface area contributed by atoms with E-state index in [4.69, 9.17) is 4.84 Å². The van der Waals surface area contributed by atoms with E-state index in [1.165, 1.54) is 21.3 Å². The van der Waals surface area contributed by atoms with Gasteiger partial charge in [-0.05, 0) is 35.2 Å². The van der Waals surface area contributed by atoms with Gasteiger partial charge in [0, 0.05) is 9.75 Å². The van der Waals surface area contributed by atoms with Gasteiger partial charge in [0.25, 0.3) is 0 Å². The minimum atomic E-state index is -1.02. The molecule has 3 heterocycles. The number of carboxylic acid groups (broad SMARTS) is 1. The Bertz CT molecular complexity index is 1130. The zero-order valence-electron chi connectivity index (χ0n) is 16.3. The third kappa shape index (κ3) is 2.98. The van der Waals surface area contributed by atoms with Gasteiger partial charge in [-0.15, -0.1) is 11.3 Å². The van der Waals surface area contributed by atoms with E-state index in [1.807, 2.05) is 67.6 Å². The number of carboxylic acids is 1. The Balaban J connectivity index is 1.52. The number of hydroxylamine groups is 2. The molecule has 2 bridgehead atoms. The van der Waals surface area contributed by atoms with E-state index in [-0.39, 0.29) is 12.6 Å². The van der Waals surface area contributed by atoms with Gasteiger partial charge in [-0.25, -0.2) is 9.59 Å². The van der Waals surface area contributed by atoms with E-state index in [0.29, 0.717) is 11.4 Å². The Morgan fingerprint density at radius 1 is 1.17 bits per heavy atom. The fourth-order valence-electron chi connectivity index (χ4n) is 4.16. The number of benzene rings is 2. The number of fused-ring (bicyclic) bond motifs is 4. The molecule has 1 fully saturated rings. The minimum absolute atomic E-state index is 0.249. The zero-order chi connectivity index (χ0) is 20.8. The number of amides is 2. The molecule has 0 aliphatic carbocycles. The van der Waals surface area contributed by atoms with E-state index in [0.717, 1.165) is 27.1 Å². The average molecular weight is 420 g/mol. The number of hydrogen-bond donors (Lipinski definition) is 1. The highest BCUT2D eigenvalue weighted by atomic mass is 32.1. The number of thiophene rings is 1. The molecular weight excluding hydrogens is 400 g/mol. The lowest BCUT2D eigenvalue weighted by Crippen LogP contribution is -2.37. The average Bonchev–Trinajstić information content (AvgIpc) is 3.29. The standard InChI is InChI=1S/C23H20N2O4S/c1-14-7-5-6-10-16(14)19-11-17-18-12-24(20(22(26)27)21(17)30-19)23(28)25(18)29-13-15-8-3-2-4-9-15/h2-11,18,20H,12-13H2,1H3,(H,26,27)/t18-,20+/m1/s1. The van der Waals surface area contributed by atoms with Crippen molar-refractivity contribution in [1.82, 2.24) is 9.96 Å². The first kappa shape index (κ1) is 18.8. The molecule has 2 aromatic carbocycles. The second kappa shape index (κ2) is 7.27. The number of carbonyl (C=O) groups is 2. The van der Waals surface area contributed by atoms with Gasteiger partial charge >= 0.3 is 12.0 Å². The lowest BCUT2D eigenvalue weighted by Gasteiger charge is -2.27. The van der Waals surface area contributed by atoms with E-state index in [2.05, 4.69) is 0 Å². The number of aliphatic carboxylic acids is 1. The number of urea groups is 1. The maximum Gasteiger partial charge on any atom is 0.345 e. The summed E-state index contributed by atoms with van der Waals surface area (Å²) in [5.41, 5.74) is 4.01. The van der Waals surface area contributed by atoms with Crippen LogP contribution in [0.4, 0.5) is 4.79 Å². The van der Waals surface area contributed by atoms with Crippen molar-refractivity contribution in [3.8, 4) is 10.4 Å². The highest BCUT2D eigenvalue weighted by molar-refractivity contribution is 7.16. The van der Waals surface area contributed by atoms with Crippen LogP contribution in [-0.4, -0.2) is 33.6 Å². The molecular formula is C23H20N2O4S. The predicted octanol–water partition coefficient (Wildman–Crippen LogP) is 4.77. The molecule has 1 saturated heterocycles. The Labute approximate surface area is 177 Å². The van der Waals surface area contributed by atoms with Gasteiger partial charge in [0.1, 0.15) is 12.6 Å². The number of hydrogen-bond acceptors (Lipinski definition) is 4. The molecule has 2 atom stereocenters. The first-order valence-electron chi connectivity index (χ1n) is 9.73. The Hall–Kier alpha value is -3.16. The molecule has 0 unspecified atom stereocenters. The van der Waals surface area contributed by atoms with Gasteiger partial charge in [-0.2, -0.15) is 5.06 Å². The Kier molecular flexibility index (Phi) is 4.56. The molecule has 2 aliphatic rings. The molecule has 0 saturated carbocycles. The normalized spacial score (nSPS) is 19.8. The quantitative estimate of drug-likeness (QED) is 0.645. The van der Waals surface area contributed by atoms with Gasteiger partial charge in [-0.1, -0.05) is 54.6 Å².